The number of para-hydroxylation sites is 1. The summed E-state index contributed by atoms with van der Waals surface area (Å²) in [5.41, 5.74) is 5.40. The lowest BCUT2D eigenvalue weighted by atomic mass is 10.0. The molecular weight excluding hydrogens is 362 g/mol. The van der Waals surface area contributed by atoms with Crippen LogP contribution in [0.4, 0.5) is 0 Å². The minimum Gasteiger partial charge on any atom is -0.348 e. The molecule has 29 heavy (non-hydrogen) atoms. The summed E-state index contributed by atoms with van der Waals surface area (Å²) in [6, 6.07) is 22.6. The molecule has 4 aromatic rings. The number of ketones is 1. The van der Waals surface area contributed by atoms with Crippen molar-refractivity contribution in [3.05, 3.63) is 107 Å². The Hall–Kier alpha value is -3.99. The summed E-state index contributed by atoms with van der Waals surface area (Å²) in [5.74, 6) is -0.251. The number of rotatable bonds is 4. The van der Waals surface area contributed by atoms with Crippen molar-refractivity contribution in [1.29, 1.82) is 0 Å². The third kappa shape index (κ3) is 3.02. The summed E-state index contributed by atoms with van der Waals surface area (Å²) in [5, 5.41) is 7.24. The van der Waals surface area contributed by atoms with Crippen molar-refractivity contribution in [2.24, 2.45) is 0 Å². The topological polar surface area (TPSA) is 64.0 Å². The number of hydrogen-bond donors (Lipinski definition) is 1. The van der Waals surface area contributed by atoms with E-state index in [2.05, 4.69) is 10.4 Å². The van der Waals surface area contributed by atoms with Crippen molar-refractivity contribution in [3.63, 3.8) is 0 Å². The predicted octanol–water partition coefficient (Wildman–Crippen LogP) is 4.01. The van der Waals surface area contributed by atoms with Gasteiger partial charge in [-0.1, -0.05) is 48.5 Å². The molecule has 0 aliphatic heterocycles. The summed E-state index contributed by atoms with van der Waals surface area (Å²) in [7, 11) is 0. The summed E-state index contributed by atoms with van der Waals surface area (Å²) in [6.45, 7) is 0.358. The molecule has 0 fully saturated rings. The number of fused-ring (bicyclic) bond motifs is 3. The van der Waals surface area contributed by atoms with Crippen molar-refractivity contribution >= 4 is 11.7 Å². The molecule has 0 bridgehead atoms. The van der Waals surface area contributed by atoms with Crippen molar-refractivity contribution in [1.82, 2.24) is 15.1 Å². The van der Waals surface area contributed by atoms with Gasteiger partial charge in [0.05, 0.1) is 11.9 Å². The number of carbonyl (C=O) groups excluding carboxylic acids is 2. The summed E-state index contributed by atoms with van der Waals surface area (Å²) < 4.78 is 1.77. The molecule has 0 atom stereocenters. The van der Waals surface area contributed by atoms with Crippen LogP contribution in [-0.4, -0.2) is 21.5 Å². The molecule has 1 N–H and O–H groups in total. The van der Waals surface area contributed by atoms with Crippen molar-refractivity contribution in [2.45, 2.75) is 6.54 Å². The van der Waals surface area contributed by atoms with Gasteiger partial charge in [0.25, 0.3) is 5.91 Å². The van der Waals surface area contributed by atoms with Crippen LogP contribution in [0, 0.1) is 0 Å². The lowest BCUT2D eigenvalue weighted by Gasteiger charge is -2.06. The van der Waals surface area contributed by atoms with Crippen LogP contribution >= 0.6 is 0 Å². The fraction of sp³-hybridized carbons (Fsp3) is 0.0417. The Kier molecular flexibility index (Phi) is 4.06. The molecular formula is C24H17N3O2. The van der Waals surface area contributed by atoms with E-state index in [1.165, 1.54) is 0 Å². The first-order valence-electron chi connectivity index (χ1n) is 9.36. The van der Waals surface area contributed by atoms with E-state index in [1.807, 2.05) is 66.9 Å². The molecule has 1 aliphatic rings. The summed E-state index contributed by atoms with van der Waals surface area (Å²) in [6.07, 6.45) is 3.62. The van der Waals surface area contributed by atoms with Crippen LogP contribution in [0.5, 0.6) is 0 Å². The van der Waals surface area contributed by atoms with E-state index in [9.17, 15) is 9.59 Å². The molecule has 0 spiro atoms. The van der Waals surface area contributed by atoms with Crippen molar-refractivity contribution in [2.75, 3.05) is 0 Å². The van der Waals surface area contributed by atoms with Crippen LogP contribution < -0.4 is 5.32 Å². The Morgan fingerprint density at radius 1 is 0.862 bits per heavy atom. The first kappa shape index (κ1) is 17.1. The van der Waals surface area contributed by atoms with E-state index in [0.717, 1.165) is 22.4 Å². The molecule has 1 heterocycles. The van der Waals surface area contributed by atoms with Crippen LogP contribution in [0.25, 0.3) is 16.8 Å². The Bertz CT molecular complexity index is 1240. The largest absolute Gasteiger partial charge is 0.348 e. The van der Waals surface area contributed by atoms with E-state index in [0.29, 0.717) is 23.2 Å². The standard InChI is InChI=1S/C24H17N3O2/c28-23-21-9-5-4-8-19(21)20-11-10-17(12-22(20)23)24(29)25-13-16-14-26-27(15-16)18-6-2-1-3-7-18/h1-12,14-15H,13H2,(H,25,29). The number of benzene rings is 3. The van der Waals surface area contributed by atoms with Crippen LogP contribution in [-0.2, 0) is 6.54 Å². The van der Waals surface area contributed by atoms with E-state index < -0.39 is 0 Å². The molecule has 1 amide bonds. The number of nitrogens with one attached hydrogen (secondary N) is 1. The lowest BCUT2D eigenvalue weighted by molar-refractivity contribution is 0.0951. The smallest absolute Gasteiger partial charge is 0.251 e. The molecule has 3 aromatic carbocycles. The minimum atomic E-state index is -0.219. The van der Waals surface area contributed by atoms with Gasteiger partial charge in [0.2, 0.25) is 0 Å². The summed E-state index contributed by atoms with van der Waals surface area (Å²) in [4.78, 5) is 25.3. The van der Waals surface area contributed by atoms with Gasteiger partial charge in [0.1, 0.15) is 0 Å². The fourth-order valence-electron chi connectivity index (χ4n) is 3.63. The SMILES string of the molecule is O=C(NCc1cnn(-c2ccccc2)c1)c1ccc2c(c1)C(=O)c1ccccc1-2. The third-order valence-electron chi connectivity index (χ3n) is 5.10. The maximum Gasteiger partial charge on any atom is 0.251 e. The highest BCUT2D eigenvalue weighted by molar-refractivity contribution is 6.22. The fourth-order valence-corrected chi connectivity index (χ4v) is 3.63. The van der Waals surface area contributed by atoms with Gasteiger partial charge in [-0.05, 0) is 35.4 Å². The van der Waals surface area contributed by atoms with Gasteiger partial charge in [0.15, 0.2) is 5.78 Å². The number of nitrogens with zero attached hydrogens (tertiary/aromatic N) is 2. The number of amides is 1. The zero-order chi connectivity index (χ0) is 19.8. The van der Waals surface area contributed by atoms with E-state index in [-0.39, 0.29) is 11.7 Å². The van der Waals surface area contributed by atoms with Gasteiger partial charge in [-0.25, -0.2) is 4.68 Å². The van der Waals surface area contributed by atoms with E-state index in [4.69, 9.17) is 0 Å². The molecule has 140 valence electrons. The predicted molar refractivity (Wildman–Crippen MR) is 110 cm³/mol. The Morgan fingerprint density at radius 3 is 2.41 bits per heavy atom. The molecule has 5 rings (SSSR count). The highest BCUT2D eigenvalue weighted by Gasteiger charge is 2.26. The second-order valence-electron chi connectivity index (χ2n) is 6.95. The minimum absolute atomic E-state index is 0.0330. The van der Waals surface area contributed by atoms with Crippen LogP contribution in [0.15, 0.2) is 85.2 Å². The van der Waals surface area contributed by atoms with Crippen molar-refractivity contribution in [3.8, 4) is 16.8 Å². The van der Waals surface area contributed by atoms with Crippen molar-refractivity contribution < 1.29 is 9.59 Å². The molecule has 1 aromatic heterocycles. The maximum atomic E-state index is 12.6. The molecule has 5 heteroatoms. The Labute approximate surface area is 167 Å². The second-order valence-corrected chi connectivity index (χ2v) is 6.95. The first-order valence-corrected chi connectivity index (χ1v) is 9.36. The molecule has 0 saturated carbocycles. The average molecular weight is 379 g/mol. The Balaban J connectivity index is 1.32. The van der Waals surface area contributed by atoms with Gasteiger partial charge in [-0.15, -0.1) is 0 Å². The average Bonchev–Trinajstić information content (AvgIpc) is 3.36. The number of hydrogen-bond acceptors (Lipinski definition) is 3. The maximum absolute atomic E-state index is 12.6. The normalized spacial score (nSPS) is 11.8. The zero-order valence-corrected chi connectivity index (χ0v) is 15.5. The Morgan fingerprint density at radius 2 is 1.59 bits per heavy atom. The molecule has 5 nitrogen and oxygen atoms in total. The summed E-state index contributed by atoms with van der Waals surface area (Å²) >= 11 is 0. The van der Waals surface area contributed by atoms with Gasteiger partial charge in [-0.3, -0.25) is 9.59 Å². The highest BCUT2D eigenvalue weighted by atomic mass is 16.1. The third-order valence-corrected chi connectivity index (χ3v) is 5.10. The molecule has 0 unspecified atom stereocenters. The number of carbonyl (C=O) groups is 2. The van der Waals surface area contributed by atoms with Gasteiger partial charge < -0.3 is 5.32 Å². The monoisotopic (exact) mass is 379 g/mol. The van der Waals surface area contributed by atoms with E-state index in [1.54, 1.807) is 23.0 Å². The quantitative estimate of drug-likeness (QED) is 0.513. The van der Waals surface area contributed by atoms with Gasteiger partial charge >= 0.3 is 0 Å². The molecule has 1 aliphatic carbocycles. The van der Waals surface area contributed by atoms with Gasteiger partial charge in [0, 0.05) is 35.0 Å². The van der Waals surface area contributed by atoms with Crippen LogP contribution in [0.2, 0.25) is 0 Å². The highest BCUT2D eigenvalue weighted by Crippen LogP contribution is 2.36. The van der Waals surface area contributed by atoms with Gasteiger partial charge in [-0.2, -0.15) is 5.10 Å². The molecule has 0 saturated heterocycles. The lowest BCUT2D eigenvalue weighted by Crippen LogP contribution is -2.22. The van der Waals surface area contributed by atoms with E-state index >= 15 is 0 Å². The second kappa shape index (κ2) is 6.87. The van der Waals surface area contributed by atoms with Crippen LogP contribution in [0.3, 0.4) is 0 Å². The van der Waals surface area contributed by atoms with Crippen LogP contribution in [0.1, 0.15) is 31.8 Å². The number of aromatic nitrogens is 2. The zero-order valence-electron chi connectivity index (χ0n) is 15.5. The first-order chi connectivity index (χ1) is 14.2. The molecule has 0 radical (unpaired) electrons.